The number of rotatable bonds is 3. The largest absolute Gasteiger partial charge is 0.471 e. The molecule has 1 atom stereocenters. The fourth-order valence-corrected chi connectivity index (χ4v) is 1.60. The highest BCUT2D eigenvalue weighted by atomic mass is 16.3. The molecule has 0 spiro atoms. The number of hydrogen-bond acceptors (Lipinski definition) is 2. The van der Waals surface area contributed by atoms with Crippen LogP contribution >= 0.6 is 0 Å². The summed E-state index contributed by atoms with van der Waals surface area (Å²) in [5.41, 5.74) is 1.35. The Morgan fingerprint density at radius 2 is 2.07 bits per heavy atom. The van der Waals surface area contributed by atoms with E-state index in [0.29, 0.717) is 6.04 Å². The molecule has 1 N–H and O–H groups in total. The van der Waals surface area contributed by atoms with E-state index in [1.807, 2.05) is 7.05 Å². The molecule has 2 nitrogen and oxygen atoms in total. The fourth-order valence-electron chi connectivity index (χ4n) is 1.60. The predicted molar refractivity (Wildman–Crippen MR) is 58.4 cm³/mol. The van der Waals surface area contributed by atoms with Gasteiger partial charge in [-0.3, -0.25) is 0 Å². The molecule has 0 saturated heterocycles. The molecule has 1 heterocycles. The van der Waals surface area contributed by atoms with Crippen LogP contribution in [0.1, 0.15) is 12.5 Å². The Kier molecular flexibility index (Phi) is 2.55. The summed E-state index contributed by atoms with van der Waals surface area (Å²) in [5, 5.41) is 5.59. The summed E-state index contributed by atoms with van der Waals surface area (Å²) < 4.78 is 5.14. The van der Waals surface area contributed by atoms with Crippen LogP contribution in [-0.2, 0) is 6.42 Å². The highest BCUT2D eigenvalue weighted by molar-refractivity contribution is 5.81. The Morgan fingerprint density at radius 3 is 2.86 bits per heavy atom. The number of furan rings is 1. The second kappa shape index (κ2) is 3.84. The maximum atomic E-state index is 5.14. The first-order valence-corrected chi connectivity index (χ1v) is 4.91. The molecule has 0 radical (unpaired) electrons. The average molecular weight is 189 g/mol. The van der Waals surface area contributed by atoms with Gasteiger partial charge in [-0.05, 0) is 32.0 Å². The third kappa shape index (κ3) is 1.80. The van der Waals surface area contributed by atoms with E-state index in [9.17, 15) is 0 Å². The van der Waals surface area contributed by atoms with Gasteiger partial charge in [0, 0.05) is 16.8 Å². The summed E-state index contributed by atoms with van der Waals surface area (Å²) in [4.78, 5) is 0. The molecule has 0 aliphatic rings. The molecule has 2 rings (SSSR count). The molecule has 2 heteroatoms. The number of likely N-dealkylation sites (N-methyl/N-ethyl adjacent to an activating group) is 1. The zero-order valence-electron chi connectivity index (χ0n) is 8.58. The smallest absolute Gasteiger partial charge is 0.0981 e. The van der Waals surface area contributed by atoms with Gasteiger partial charge in [-0.1, -0.05) is 12.1 Å². The van der Waals surface area contributed by atoms with Gasteiger partial charge in [-0.25, -0.2) is 0 Å². The Hall–Kier alpha value is -1.28. The van der Waals surface area contributed by atoms with Crippen LogP contribution in [0, 0.1) is 0 Å². The van der Waals surface area contributed by atoms with Gasteiger partial charge in [0.15, 0.2) is 0 Å². The van der Waals surface area contributed by atoms with Crippen molar-refractivity contribution in [1.82, 2.24) is 5.32 Å². The quantitative estimate of drug-likeness (QED) is 0.802. The van der Waals surface area contributed by atoms with Crippen LogP contribution in [0.4, 0.5) is 0 Å². The molecule has 0 aliphatic carbocycles. The number of fused-ring (bicyclic) bond motifs is 1. The molecule has 0 amide bonds. The van der Waals surface area contributed by atoms with Gasteiger partial charge in [0.1, 0.15) is 0 Å². The molecule has 0 unspecified atom stereocenters. The van der Waals surface area contributed by atoms with Gasteiger partial charge >= 0.3 is 0 Å². The monoisotopic (exact) mass is 189 g/mol. The highest BCUT2D eigenvalue weighted by Crippen LogP contribution is 2.17. The lowest BCUT2D eigenvalue weighted by Gasteiger charge is -2.09. The zero-order valence-corrected chi connectivity index (χ0v) is 8.58. The first-order valence-electron chi connectivity index (χ1n) is 4.91. The van der Waals surface area contributed by atoms with E-state index < -0.39 is 0 Å². The maximum absolute atomic E-state index is 5.14. The fraction of sp³-hybridized carbons (Fsp3) is 0.333. The van der Waals surface area contributed by atoms with E-state index in [-0.39, 0.29) is 0 Å². The molecular weight excluding hydrogens is 174 g/mol. The Balaban J connectivity index is 2.25. The van der Waals surface area contributed by atoms with Gasteiger partial charge in [0.25, 0.3) is 0 Å². The summed E-state index contributed by atoms with van der Waals surface area (Å²) in [6.45, 7) is 2.18. The molecule has 0 bridgehead atoms. The number of benzene rings is 1. The standard InChI is InChI=1S/C12H15NO/c1-9(13-2)5-10-3-4-11-7-14-8-12(11)6-10/h3-4,6-9,13H,5H2,1-2H3/t9-/m1/s1. The van der Waals surface area contributed by atoms with Gasteiger partial charge in [0.05, 0.1) is 12.5 Å². The number of nitrogens with one attached hydrogen (secondary N) is 1. The van der Waals surface area contributed by atoms with E-state index in [2.05, 4.69) is 30.4 Å². The summed E-state index contributed by atoms with van der Waals surface area (Å²) in [6, 6.07) is 6.97. The molecule has 1 aromatic heterocycles. The molecule has 1 aromatic carbocycles. The maximum Gasteiger partial charge on any atom is 0.0981 e. The van der Waals surface area contributed by atoms with Crippen LogP contribution in [0.2, 0.25) is 0 Å². The molecule has 74 valence electrons. The van der Waals surface area contributed by atoms with Crippen molar-refractivity contribution < 1.29 is 4.42 Å². The predicted octanol–water partition coefficient (Wildman–Crippen LogP) is 2.58. The van der Waals surface area contributed by atoms with Crippen molar-refractivity contribution >= 4 is 10.8 Å². The third-order valence-corrected chi connectivity index (χ3v) is 2.58. The van der Waals surface area contributed by atoms with Crippen molar-refractivity contribution in [2.24, 2.45) is 0 Å². The van der Waals surface area contributed by atoms with Gasteiger partial charge in [-0.2, -0.15) is 0 Å². The van der Waals surface area contributed by atoms with E-state index >= 15 is 0 Å². The third-order valence-electron chi connectivity index (χ3n) is 2.58. The Bertz CT molecular complexity index is 419. The second-order valence-electron chi connectivity index (χ2n) is 3.73. The minimum atomic E-state index is 0.513. The summed E-state index contributed by atoms with van der Waals surface area (Å²) >= 11 is 0. The van der Waals surface area contributed by atoms with Crippen LogP contribution in [0.25, 0.3) is 10.8 Å². The van der Waals surface area contributed by atoms with Gasteiger partial charge in [-0.15, -0.1) is 0 Å². The minimum absolute atomic E-state index is 0.513. The van der Waals surface area contributed by atoms with Gasteiger partial charge < -0.3 is 9.73 Å². The summed E-state index contributed by atoms with van der Waals surface area (Å²) in [7, 11) is 1.99. The van der Waals surface area contributed by atoms with E-state index in [1.54, 1.807) is 12.5 Å². The summed E-state index contributed by atoms with van der Waals surface area (Å²) in [6.07, 6.45) is 4.63. The topological polar surface area (TPSA) is 25.2 Å². The second-order valence-corrected chi connectivity index (χ2v) is 3.73. The number of hydrogen-bond donors (Lipinski definition) is 1. The normalized spacial score (nSPS) is 13.3. The van der Waals surface area contributed by atoms with E-state index in [1.165, 1.54) is 16.3 Å². The van der Waals surface area contributed by atoms with Crippen LogP contribution in [0.3, 0.4) is 0 Å². The lowest BCUT2D eigenvalue weighted by atomic mass is 10.0. The van der Waals surface area contributed by atoms with Crippen molar-refractivity contribution in [3.63, 3.8) is 0 Å². The van der Waals surface area contributed by atoms with Crippen LogP contribution in [0.15, 0.2) is 35.1 Å². The molecule has 2 aromatic rings. The van der Waals surface area contributed by atoms with Crippen molar-refractivity contribution in [2.75, 3.05) is 7.05 Å². The summed E-state index contributed by atoms with van der Waals surface area (Å²) in [5.74, 6) is 0. The minimum Gasteiger partial charge on any atom is -0.471 e. The molecule has 0 fully saturated rings. The first-order chi connectivity index (χ1) is 6.79. The lowest BCUT2D eigenvalue weighted by molar-refractivity contribution is 0.572. The molecule has 0 saturated carbocycles. The molecule has 0 aliphatic heterocycles. The van der Waals surface area contributed by atoms with Crippen molar-refractivity contribution in [2.45, 2.75) is 19.4 Å². The van der Waals surface area contributed by atoms with Gasteiger partial charge in [0.2, 0.25) is 0 Å². The molecular formula is C12H15NO. The van der Waals surface area contributed by atoms with Crippen molar-refractivity contribution in [3.05, 3.63) is 36.3 Å². The Labute approximate surface area is 83.9 Å². The average Bonchev–Trinajstić information content (AvgIpc) is 2.64. The van der Waals surface area contributed by atoms with Crippen molar-refractivity contribution in [3.8, 4) is 0 Å². The molecule has 14 heavy (non-hydrogen) atoms. The lowest BCUT2D eigenvalue weighted by Crippen LogP contribution is -2.23. The van der Waals surface area contributed by atoms with Crippen LogP contribution in [0.5, 0.6) is 0 Å². The SMILES string of the molecule is CN[C@H](C)Cc1ccc2cocc2c1. The Morgan fingerprint density at radius 1 is 1.29 bits per heavy atom. The van der Waals surface area contributed by atoms with Crippen LogP contribution < -0.4 is 5.32 Å². The van der Waals surface area contributed by atoms with E-state index in [4.69, 9.17) is 4.42 Å². The van der Waals surface area contributed by atoms with Crippen LogP contribution in [-0.4, -0.2) is 13.1 Å². The van der Waals surface area contributed by atoms with E-state index in [0.717, 1.165) is 6.42 Å². The zero-order chi connectivity index (χ0) is 9.97. The highest BCUT2D eigenvalue weighted by Gasteiger charge is 2.02. The first kappa shape index (κ1) is 9.28. The van der Waals surface area contributed by atoms with Crippen molar-refractivity contribution in [1.29, 1.82) is 0 Å².